The van der Waals surface area contributed by atoms with Crippen molar-refractivity contribution in [3.05, 3.63) is 39.2 Å². The van der Waals surface area contributed by atoms with Gasteiger partial charge in [0.15, 0.2) is 0 Å². The van der Waals surface area contributed by atoms with Crippen molar-refractivity contribution in [3.8, 4) is 0 Å². The van der Waals surface area contributed by atoms with E-state index in [1.54, 1.807) is 4.68 Å². The molecule has 1 saturated heterocycles. The lowest BCUT2D eigenvalue weighted by Gasteiger charge is -2.35. The fourth-order valence-corrected chi connectivity index (χ4v) is 3.40. The minimum Gasteiger partial charge on any atom is -0.354 e. The van der Waals surface area contributed by atoms with Gasteiger partial charge in [-0.1, -0.05) is 18.5 Å². The molecule has 0 aliphatic carbocycles. The van der Waals surface area contributed by atoms with E-state index in [1.165, 1.54) is 5.56 Å². The molecule has 7 heteroatoms. The first-order chi connectivity index (χ1) is 11.1. The van der Waals surface area contributed by atoms with E-state index in [0.717, 1.165) is 60.3 Å². The van der Waals surface area contributed by atoms with Gasteiger partial charge in [-0.3, -0.25) is 9.58 Å². The zero-order valence-corrected chi connectivity index (χ0v) is 15.8. The summed E-state index contributed by atoms with van der Waals surface area (Å²) in [7, 11) is 1.90. The molecular weight excluding hydrogens is 378 g/mol. The molecular formula is C16H21BrClN5. The Balaban J connectivity index is 1.62. The maximum Gasteiger partial charge on any atom is 0.131 e. The SMILES string of the molecule is CCc1nn(C)c(Cl)c1CN1CCN(c2ccc(Br)cn2)CC1. The summed E-state index contributed by atoms with van der Waals surface area (Å²) in [4.78, 5) is 9.25. The first kappa shape index (κ1) is 16.7. The molecule has 0 amide bonds. The Morgan fingerprint density at radius 2 is 1.96 bits per heavy atom. The Morgan fingerprint density at radius 1 is 1.22 bits per heavy atom. The number of hydrogen-bond donors (Lipinski definition) is 0. The van der Waals surface area contributed by atoms with Gasteiger partial charge in [-0.15, -0.1) is 0 Å². The van der Waals surface area contributed by atoms with Gasteiger partial charge >= 0.3 is 0 Å². The monoisotopic (exact) mass is 397 g/mol. The number of aromatic nitrogens is 3. The number of hydrogen-bond acceptors (Lipinski definition) is 4. The van der Waals surface area contributed by atoms with Gasteiger partial charge in [0.2, 0.25) is 0 Å². The molecule has 0 radical (unpaired) electrons. The lowest BCUT2D eigenvalue weighted by atomic mass is 10.2. The van der Waals surface area contributed by atoms with Gasteiger partial charge < -0.3 is 4.90 Å². The molecule has 23 heavy (non-hydrogen) atoms. The molecule has 124 valence electrons. The van der Waals surface area contributed by atoms with E-state index in [-0.39, 0.29) is 0 Å². The van der Waals surface area contributed by atoms with E-state index >= 15 is 0 Å². The highest BCUT2D eigenvalue weighted by Gasteiger charge is 2.21. The predicted octanol–water partition coefficient (Wildman–Crippen LogP) is 3.12. The summed E-state index contributed by atoms with van der Waals surface area (Å²) in [6.45, 7) is 6.97. The molecule has 0 aromatic carbocycles. The third-order valence-corrected chi connectivity index (χ3v) is 5.22. The van der Waals surface area contributed by atoms with Crippen molar-refractivity contribution in [1.29, 1.82) is 0 Å². The van der Waals surface area contributed by atoms with Crippen LogP contribution < -0.4 is 4.90 Å². The van der Waals surface area contributed by atoms with Crippen molar-refractivity contribution in [2.75, 3.05) is 31.1 Å². The second kappa shape index (κ2) is 7.20. The number of rotatable bonds is 4. The average Bonchev–Trinajstić information content (AvgIpc) is 2.84. The van der Waals surface area contributed by atoms with E-state index in [2.05, 4.69) is 48.8 Å². The van der Waals surface area contributed by atoms with Crippen molar-refractivity contribution < 1.29 is 0 Å². The molecule has 0 N–H and O–H groups in total. The fourth-order valence-electron chi connectivity index (χ4n) is 2.95. The number of piperazine rings is 1. The smallest absolute Gasteiger partial charge is 0.131 e. The summed E-state index contributed by atoms with van der Waals surface area (Å²) in [5.74, 6) is 1.04. The normalized spacial score (nSPS) is 16.1. The van der Waals surface area contributed by atoms with Gasteiger partial charge in [0.1, 0.15) is 11.0 Å². The van der Waals surface area contributed by atoms with Crippen LogP contribution in [0.25, 0.3) is 0 Å². The van der Waals surface area contributed by atoms with Gasteiger partial charge in [-0.2, -0.15) is 5.10 Å². The summed E-state index contributed by atoms with van der Waals surface area (Å²) >= 11 is 9.83. The van der Waals surface area contributed by atoms with Crippen molar-refractivity contribution in [2.45, 2.75) is 19.9 Å². The molecule has 2 aromatic rings. The Labute approximate surface area is 150 Å². The highest BCUT2D eigenvalue weighted by Crippen LogP contribution is 2.23. The quantitative estimate of drug-likeness (QED) is 0.793. The number of pyridine rings is 1. The summed E-state index contributed by atoms with van der Waals surface area (Å²) in [5, 5.41) is 5.26. The highest BCUT2D eigenvalue weighted by atomic mass is 79.9. The maximum atomic E-state index is 6.40. The molecule has 0 saturated carbocycles. The van der Waals surface area contributed by atoms with Crippen LogP contribution in [0.4, 0.5) is 5.82 Å². The second-order valence-corrected chi connectivity index (χ2v) is 7.06. The average molecular weight is 399 g/mol. The molecule has 3 rings (SSSR count). The van der Waals surface area contributed by atoms with E-state index in [9.17, 15) is 0 Å². The predicted molar refractivity (Wildman–Crippen MR) is 97.0 cm³/mol. The zero-order valence-electron chi connectivity index (χ0n) is 13.5. The standard InChI is InChI=1S/C16H21BrClN5/c1-3-14-13(16(18)21(2)20-14)11-22-6-8-23(9-7-22)15-5-4-12(17)10-19-15/h4-5,10H,3,6-9,11H2,1-2H3. The molecule has 1 aliphatic heterocycles. The van der Waals surface area contributed by atoms with Gasteiger partial charge in [-0.25, -0.2) is 4.98 Å². The van der Waals surface area contributed by atoms with Crippen molar-refractivity contribution in [1.82, 2.24) is 19.7 Å². The third kappa shape index (κ3) is 3.70. The molecule has 0 atom stereocenters. The van der Waals surface area contributed by atoms with Crippen LogP contribution in [-0.4, -0.2) is 45.8 Å². The van der Waals surface area contributed by atoms with Crippen LogP contribution in [0.15, 0.2) is 22.8 Å². The molecule has 1 aliphatic rings. The molecule has 2 aromatic heterocycles. The second-order valence-electron chi connectivity index (χ2n) is 5.79. The molecule has 0 unspecified atom stereocenters. The number of nitrogens with zero attached hydrogens (tertiary/aromatic N) is 5. The van der Waals surface area contributed by atoms with Gasteiger partial charge in [0.05, 0.1) is 5.69 Å². The Kier molecular flexibility index (Phi) is 5.24. The Bertz CT molecular complexity index is 662. The fraction of sp³-hybridized carbons (Fsp3) is 0.500. The van der Waals surface area contributed by atoms with Crippen molar-refractivity contribution in [3.63, 3.8) is 0 Å². The van der Waals surface area contributed by atoms with Crippen molar-refractivity contribution >= 4 is 33.3 Å². The first-order valence-corrected chi connectivity index (χ1v) is 9.04. The lowest BCUT2D eigenvalue weighted by Crippen LogP contribution is -2.46. The van der Waals surface area contributed by atoms with E-state index in [4.69, 9.17) is 11.6 Å². The number of anilines is 1. The summed E-state index contributed by atoms with van der Waals surface area (Å²) in [5.41, 5.74) is 2.28. The molecule has 0 bridgehead atoms. The minimum atomic E-state index is 0.763. The Morgan fingerprint density at radius 3 is 2.57 bits per heavy atom. The summed E-state index contributed by atoms with van der Waals surface area (Å²) < 4.78 is 2.79. The van der Waals surface area contributed by atoms with Crippen LogP contribution in [0.1, 0.15) is 18.2 Å². The topological polar surface area (TPSA) is 37.2 Å². The number of aryl methyl sites for hydroxylation is 2. The largest absolute Gasteiger partial charge is 0.354 e. The highest BCUT2D eigenvalue weighted by molar-refractivity contribution is 9.10. The zero-order chi connectivity index (χ0) is 16.4. The number of halogens is 2. The van der Waals surface area contributed by atoms with Crippen LogP contribution in [0.5, 0.6) is 0 Å². The van der Waals surface area contributed by atoms with E-state index < -0.39 is 0 Å². The maximum absolute atomic E-state index is 6.40. The minimum absolute atomic E-state index is 0.763. The summed E-state index contributed by atoms with van der Waals surface area (Å²) in [6.07, 6.45) is 2.77. The Hall–Kier alpha value is -1.11. The molecule has 3 heterocycles. The third-order valence-electron chi connectivity index (χ3n) is 4.28. The lowest BCUT2D eigenvalue weighted by molar-refractivity contribution is 0.248. The van der Waals surface area contributed by atoms with Crippen LogP contribution in [0.3, 0.4) is 0 Å². The molecule has 5 nitrogen and oxygen atoms in total. The van der Waals surface area contributed by atoms with Crippen LogP contribution in [0, 0.1) is 0 Å². The van der Waals surface area contributed by atoms with E-state index in [0.29, 0.717) is 0 Å². The van der Waals surface area contributed by atoms with E-state index in [1.807, 2.05) is 19.3 Å². The molecule has 0 spiro atoms. The van der Waals surface area contributed by atoms with Gasteiger partial charge in [0, 0.05) is 56.0 Å². The van der Waals surface area contributed by atoms with Crippen LogP contribution >= 0.6 is 27.5 Å². The van der Waals surface area contributed by atoms with Crippen LogP contribution in [0.2, 0.25) is 5.15 Å². The molecule has 1 fully saturated rings. The van der Waals surface area contributed by atoms with Gasteiger partial charge in [0.25, 0.3) is 0 Å². The first-order valence-electron chi connectivity index (χ1n) is 7.87. The van der Waals surface area contributed by atoms with Crippen LogP contribution in [-0.2, 0) is 20.0 Å². The van der Waals surface area contributed by atoms with Gasteiger partial charge in [-0.05, 0) is 34.5 Å². The van der Waals surface area contributed by atoms with Crippen molar-refractivity contribution in [2.24, 2.45) is 7.05 Å². The summed E-state index contributed by atoms with van der Waals surface area (Å²) in [6, 6.07) is 4.10.